The number of aromatic hydroxyl groups is 1. The first-order valence-electron chi connectivity index (χ1n) is 8.84. The van der Waals surface area contributed by atoms with Gasteiger partial charge in [-0.25, -0.2) is 8.42 Å². The Labute approximate surface area is 172 Å². The number of phenolic OH excluding ortho intramolecular Hbond substituents is 1. The Balaban J connectivity index is 1.66. The van der Waals surface area contributed by atoms with E-state index < -0.39 is 27.7 Å². The van der Waals surface area contributed by atoms with Gasteiger partial charge < -0.3 is 20.1 Å². The summed E-state index contributed by atoms with van der Waals surface area (Å²) in [5.74, 6) is -1.27. The maximum absolute atomic E-state index is 12.4. The molecule has 0 bridgehead atoms. The minimum absolute atomic E-state index is 0.0642. The van der Waals surface area contributed by atoms with Crippen LogP contribution < -0.4 is 10.0 Å². The summed E-state index contributed by atoms with van der Waals surface area (Å²) in [7, 11) is -3.77. The molecule has 1 saturated heterocycles. The zero-order chi connectivity index (χ0) is 21.0. The third-order valence-electron chi connectivity index (χ3n) is 4.30. The Morgan fingerprint density at radius 3 is 2.59 bits per heavy atom. The van der Waals surface area contributed by atoms with Crippen LogP contribution in [0.25, 0.3) is 0 Å². The van der Waals surface area contributed by atoms with Crippen LogP contribution in [0.2, 0.25) is 0 Å². The molecule has 0 unspecified atom stereocenters. The number of rotatable bonds is 6. The van der Waals surface area contributed by atoms with E-state index in [4.69, 9.17) is 4.74 Å². The van der Waals surface area contributed by atoms with Crippen LogP contribution in [0.5, 0.6) is 5.75 Å². The summed E-state index contributed by atoms with van der Waals surface area (Å²) < 4.78 is 32.2. The topological polar surface area (TPSA) is 125 Å². The smallest absolute Gasteiger partial charge is 0.271 e. The van der Waals surface area contributed by atoms with E-state index in [1.165, 1.54) is 18.2 Å². The van der Waals surface area contributed by atoms with Crippen LogP contribution in [0.4, 0.5) is 5.69 Å². The molecule has 0 aliphatic carbocycles. The number of thiophene rings is 1. The monoisotopic (exact) mass is 439 g/mol. The van der Waals surface area contributed by atoms with Crippen LogP contribution >= 0.6 is 11.3 Å². The van der Waals surface area contributed by atoms with Gasteiger partial charge in [-0.1, -0.05) is 6.07 Å². The van der Waals surface area contributed by atoms with Crippen LogP contribution in [-0.4, -0.2) is 62.6 Å². The van der Waals surface area contributed by atoms with E-state index in [0.717, 1.165) is 17.4 Å². The summed E-state index contributed by atoms with van der Waals surface area (Å²) in [4.78, 5) is 26.4. The van der Waals surface area contributed by atoms with E-state index in [9.17, 15) is 23.1 Å². The Morgan fingerprint density at radius 2 is 1.97 bits per heavy atom. The van der Waals surface area contributed by atoms with Gasteiger partial charge >= 0.3 is 0 Å². The number of morpholine rings is 1. The minimum Gasteiger partial charge on any atom is -0.507 e. The number of carbonyl (C=O) groups is 2. The van der Waals surface area contributed by atoms with Gasteiger partial charge in [0.05, 0.1) is 24.5 Å². The fourth-order valence-electron chi connectivity index (χ4n) is 2.80. The molecule has 2 aromatic rings. The van der Waals surface area contributed by atoms with E-state index in [-0.39, 0.29) is 21.4 Å². The highest BCUT2D eigenvalue weighted by Crippen LogP contribution is 2.25. The van der Waals surface area contributed by atoms with E-state index in [2.05, 4.69) is 10.0 Å². The van der Waals surface area contributed by atoms with Crippen molar-refractivity contribution in [2.75, 3.05) is 31.0 Å². The van der Waals surface area contributed by atoms with Crippen molar-refractivity contribution in [3.05, 3.63) is 41.3 Å². The first-order valence-corrected chi connectivity index (χ1v) is 11.2. The standard InChI is InChI=1S/C18H21N3O6S2/c1-12(18(24)21-6-8-27-9-7-21)19-17(23)14-5-4-13(11-15(14)22)20-29(25,26)16-3-2-10-28-16/h2-5,10-12,20,22H,6-9H2,1H3,(H,19,23)/t12-/m0/s1. The molecular weight excluding hydrogens is 418 g/mol. The molecule has 29 heavy (non-hydrogen) atoms. The number of hydrogen-bond donors (Lipinski definition) is 3. The molecule has 3 rings (SSSR count). The molecule has 9 nitrogen and oxygen atoms in total. The fraction of sp³-hybridized carbons (Fsp3) is 0.333. The number of amides is 2. The van der Waals surface area contributed by atoms with Gasteiger partial charge in [0.15, 0.2) is 0 Å². The number of benzene rings is 1. The zero-order valence-electron chi connectivity index (χ0n) is 15.6. The van der Waals surface area contributed by atoms with Crippen molar-refractivity contribution in [1.29, 1.82) is 0 Å². The van der Waals surface area contributed by atoms with Gasteiger partial charge in [0.1, 0.15) is 16.0 Å². The Bertz CT molecular complexity index is 985. The van der Waals surface area contributed by atoms with Crippen molar-refractivity contribution < 1.29 is 27.9 Å². The van der Waals surface area contributed by atoms with E-state index in [1.54, 1.807) is 23.3 Å². The largest absolute Gasteiger partial charge is 0.507 e. The molecule has 156 valence electrons. The first-order chi connectivity index (χ1) is 13.8. The van der Waals surface area contributed by atoms with Gasteiger partial charge in [0, 0.05) is 19.2 Å². The summed E-state index contributed by atoms with van der Waals surface area (Å²) in [5.41, 5.74) is 0.0515. The molecular formula is C18H21N3O6S2. The highest BCUT2D eigenvalue weighted by atomic mass is 32.2. The molecule has 1 aliphatic rings. The average molecular weight is 440 g/mol. The normalized spacial score (nSPS) is 15.6. The summed E-state index contributed by atoms with van der Waals surface area (Å²) in [6.45, 7) is 3.40. The van der Waals surface area contributed by atoms with Crippen LogP contribution in [0.15, 0.2) is 39.9 Å². The van der Waals surface area contributed by atoms with Crippen LogP contribution in [0.1, 0.15) is 17.3 Å². The number of nitrogens with one attached hydrogen (secondary N) is 2. The van der Waals surface area contributed by atoms with Gasteiger partial charge in [-0.2, -0.15) is 0 Å². The summed E-state index contributed by atoms with van der Waals surface area (Å²) in [5, 5.41) is 14.4. The SMILES string of the molecule is C[C@H](NC(=O)c1ccc(NS(=O)(=O)c2cccs2)cc1O)C(=O)N1CCOCC1. The maximum atomic E-state index is 12.4. The number of sulfonamides is 1. The number of ether oxygens (including phenoxy) is 1. The lowest BCUT2D eigenvalue weighted by Crippen LogP contribution is -2.50. The second-order valence-electron chi connectivity index (χ2n) is 6.40. The van der Waals surface area contributed by atoms with Gasteiger partial charge in [-0.15, -0.1) is 11.3 Å². The number of hydrogen-bond acceptors (Lipinski definition) is 7. The predicted molar refractivity (Wildman–Crippen MR) is 108 cm³/mol. The molecule has 3 N–H and O–H groups in total. The molecule has 1 aliphatic heterocycles. The fourth-order valence-corrected chi connectivity index (χ4v) is 4.85. The van der Waals surface area contributed by atoms with Crippen molar-refractivity contribution in [2.45, 2.75) is 17.2 Å². The number of anilines is 1. The molecule has 1 aromatic carbocycles. The summed E-state index contributed by atoms with van der Waals surface area (Å²) >= 11 is 1.06. The molecule has 11 heteroatoms. The highest BCUT2D eigenvalue weighted by Gasteiger charge is 2.25. The second kappa shape index (κ2) is 8.80. The number of phenols is 1. The van der Waals surface area contributed by atoms with Crippen molar-refractivity contribution in [1.82, 2.24) is 10.2 Å². The summed E-state index contributed by atoms with van der Waals surface area (Å²) in [6, 6.07) is 6.11. The lowest BCUT2D eigenvalue weighted by molar-refractivity contribution is -0.136. The quantitative estimate of drug-likeness (QED) is 0.622. The van der Waals surface area contributed by atoms with Crippen molar-refractivity contribution >= 4 is 38.9 Å². The Hall–Kier alpha value is -2.63. The highest BCUT2D eigenvalue weighted by molar-refractivity contribution is 7.94. The minimum atomic E-state index is -3.77. The van der Waals surface area contributed by atoms with Crippen LogP contribution in [-0.2, 0) is 19.6 Å². The van der Waals surface area contributed by atoms with Gasteiger partial charge in [-0.05, 0) is 30.5 Å². The van der Waals surface area contributed by atoms with E-state index in [0.29, 0.717) is 26.3 Å². The third-order valence-corrected chi connectivity index (χ3v) is 7.07. The lowest BCUT2D eigenvalue weighted by atomic mass is 10.1. The molecule has 0 radical (unpaired) electrons. The molecule has 1 atom stereocenters. The average Bonchev–Trinajstić information content (AvgIpc) is 3.23. The van der Waals surface area contributed by atoms with Crippen LogP contribution in [0, 0.1) is 0 Å². The molecule has 2 amide bonds. The third kappa shape index (κ3) is 5.05. The first kappa shape index (κ1) is 21.1. The number of nitrogens with zero attached hydrogens (tertiary/aromatic N) is 1. The molecule has 1 fully saturated rings. The molecule has 1 aromatic heterocycles. The lowest BCUT2D eigenvalue weighted by Gasteiger charge is -2.29. The molecule has 0 spiro atoms. The number of carbonyl (C=O) groups excluding carboxylic acids is 2. The van der Waals surface area contributed by atoms with Crippen molar-refractivity contribution in [3.63, 3.8) is 0 Å². The van der Waals surface area contributed by atoms with Gasteiger partial charge in [0.2, 0.25) is 5.91 Å². The van der Waals surface area contributed by atoms with Gasteiger partial charge in [-0.3, -0.25) is 14.3 Å². The summed E-state index contributed by atoms with van der Waals surface area (Å²) in [6.07, 6.45) is 0. The Kier molecular flexibility index (Phi) is 6.40. The van der Waals surface area contributed by atoms with Gasteiger partial charge in [0.25, 0.3) is 15.9 Å². The van der Waals surface area contributed by atoms with E-state index >= 15 is 0 Å². The van der Waals surface area contributed by atoms with Crippen LogP contribution in [0.3, 0.4) is 0 Å². The van der Waals surface area contributed by atoms with E-state index in [1.807, 2.05) is 0 Å². The maximum Gasteiger partial charge on any atom is 0.271 e. The zero-order valence-corrected chi connectivity index (χ0v) is 17.3. The predicted octanol–water partition coefficient (Wildman–Crippen LogP) is 1.23. The second-order valence-corrected chi connectivity index (χ2v) is 9.26. The molecule has 0 saturated carbocycles. The Morgan fingerprint density at radius 1 is 1.24 bits per heavy atom. The molecule has 2 heterocycles. The van der Waals surface area contributed by atoms with Crippen molar-refractivity contribution in [3.8, 4) is 5.75 Å². The van der Waals surface area contributed by atoms with Crippen molar-refractivity contribution in [2.24, 2.45) is 0 Å².